The van der Waals surface area contributed by atoms with Crippen LogP contribution in [0.2, 0.25) is 0 Å². The molecule has 8 atom stereocenters. The van der Waals surface area contributed by atoms with Crippen LogP contribution in [0.5, 0.6) is 0 Å². The minimum atomic E-state index is -4.74. The van der Waals surface area contributed by atoms with Crippen LogP contribution in [0.1, 0.15) is 25.7 Å². The fourth-order valence-electron chi connectivity index (χ4n) is 5.97. The molecular formula is C16H19F3O3. The first-order valence-electron chi connectivity index (χ1n) is 7.92. The molecule has 0 radical (unpaired) electrons. The molecule has 0 saturated heterocycles. The number of halogens is 3. The number of ether oxygens (including phenoxy) is 1. The fraction of sp³-hybridized carbons (Fsp3) is 0.812. The highest BCUT2D eigenvalue weighted by molar-refractivity contribution is 5.89. The zero-order chi connectivity index (χ0) is 15.8. The SMILES string of the molecule is C=C(C(=O)OC1CC2CC1C1C3CC(CC3O)C21)C(F)(F)F. The van der Waals surface area contributed by atoms with Crippen molar-refractivity contribution in [2.24, 2.45) is 35.5 Å². The number of aliphatic hydroxyl groups is 1. The van der Waals surface area contributed by atoms with Crippen molar-refractivity contribution in [1.82, 2.24) is 0 Å². The van der Waals surface area contributed by atoms with Crippen LogP contribution >= 0.6 is 0 Å². The van der Waals surface area contributed by atoms with Gasteiger partial charge < -0.3 is 9.84 Å². The number of fused-ring (bicyclic) bond motifs is 9. The standard InChI is InChI=1S/C16H19F3O3/c1-6(16(17,18)19)15(21)22-12-5-8-3-10(12)14-9-2-7(13(8)14)4-11(9)20/h7-14,20H,1-5H2. The van der Waals surface area contributed by atoms with Crippen LogP contribution in [0, 0.1) is 35.5 Å². The first kappa shape index (κ1) is 14.5. The van der Waals surface area contributed by atoms with E-state index in [4.69, 9.17) is 4.74 Å². The van der Waals surface area contributed by atoms with E-state index in [1.54, 1.807) is 0 Å². The number of esters is 1. The second-order valence-corrected chi connectivity index (χ2v) is 7.43. The third kappa shape index (κ3) is 1.88. The highest BCUT2D eigenvalue weighted by Gasteiger charge is 2.65. The van der Waals surface area contributed by atoms with E-state index in [9.17, 15) is 23.1 Å². The van der Waals surface area contributed by atoms with Crippen LogP contribution < -0.4 is 0 Å². The van der Waals surface area contributed by atoms with Gasteiger partial charge in [-0.2, -0.15) is 13.2 Å². The Labute approximate surface area is 126 Å². The van der Waals surface area contributed by atoms with Crippen LogP contribution in [-0.4, -0.2) is 29.5 Å². The molecule has 0 aromatic heterocycles. The van der Waals surface area contributed by atoms with Gasteiger partial charge in [0.15, 0.2) is 0 Å². The third-order valence-corrected chi connectivity index (χ3v) is 6.57. The summed E-state index contributed by atoms with van der Waals surface area (Å²) in [5, 5.41) is 10.1. The number of aliphatic hydroxyl groups excluding tert-OH is 1. The molecule has 22 heavy (non-hydrogen) atoms. The summed E-state index contributed by atoms with van der Waals surface area (Å²) in [4.78, 5) is 11.6. The highest BCUT2D eigenvalue weighted by atomic mass is 19.4. The monoisotopic (exact) mass is 316 g/mol. The van der Waals surface area contributed by atoms with Crippen molar-refractivity contribution in [3.63, 3.8) is 0 Å². The van der Waals surface area contributed by atoms with E-state index in [-0.39, 0.29) is 17.9 Å². The Morgan fingerprint density at radius 2 is 1.68 bits per heavy atom. The molecule has 4 rings (SSSR count). The first-order valence-corrected chi connectivity index (χ1v) is 7.92. The molecule has 4 saturated carbocycles. The molecule has 4 fully saturated rings. The molecule has 0 aromatic carbocycles. The van der Waals surface area contributed by atoms with Crippen molar-refractivity contribution < 1.29 is 27.8 Å². The largest absolute Gasteiger partial charge is 0.458 e. The molecule has 1 N–H and O–H groups in total. The normalized spacial score (nSPS) is 48.5. The topological polar surface area (TPSA) is 46.5 Å². The molecule has 4 bridgehead atoms. The molecule has 0 spiro atoms. The van der Waals surface area contributed by atoms with Crippen LogP contribution in [-0.2, 0) is 9.53 Å². The molecule has 8 unspecified atom stereocenters. The van der Waals surface area contributed by atoms with Crippen LogP contribution in [0.3, 0.4) is 0 Å². The molecule has 3 nitrogen and oxygen atoms in total. The number of carbonyl (C=O) groups is 1. The van der Waals surface area contributed by atoms with Gasteiger partial charge in [-0.05, 0) is 61.2 Å². The van der Waals surface area contributed by atoms with Crippen LogP contribution in [0.15, 0.2) is 12.2 Å². The summed E-state index contributed by atoms with van der Waals surface area (Å²) < 4.78 is 42.7. The van der Waals surface area contributed by atoms with E-state index >= 15 is 0 Å². The Hall–Kier alpha value is -1.04. The van der Waals surface area contributed by atoms with Crippen molar-refractivity contribution in [3.05, 3.63) is 12.2 Å². The van der Waals surface area contributed by atoms with Gasteiger partial charge >= 0.3 is 12.1 Å². The Morgan fingerprint density at radius 3 is 2.36 bits per heavy atom. The highest BCUT2D eigenvalue weighted by Crippen LogP contribution is 2.67. The van der Waals surface area contributed by atoms with Crippen molar-refractivity contribution >= 4 is 5.97 Å². The lowest BCUT2D eigenvalue weighted by atomic mass is 9.69. The predicted molar refractivity (Wildman–Crippen MR) is 70.5 cm³/mol. The average molecular weight is 316 g/mol. The van der Waals surface area contributed by atoms with E-state index < -0.39 is 23.8 Å². The number of hydrogen-bond donors (Lipinski definition) is 1. The molecular weight excluding hydrogens is 297 g/mol. The van der Waals surface area contributed by atoms with Gasteiger partial charge in [0.2, 0.25) is 0 Å². The summed E-state index contributed by atoms with van der Waals surface area (Å²) in [6.45, 7) is 2.81. The lowest BCUT2D eigenvalue weighted by Gasteiger charge is -2.39. The van der Waals surface area contributed by atoms with E-state index in [0.717, 1.165) is 19.3 Å². The predicted octanol–water partition coefficient (Wildman–Crippen LogP) is 2.69. The smallest absolute Gasteiger partial charge is 0.422 e. The summed E-state index contributed by atoms with van der Waals surface area (Å²) in [5.41, 5.74) is -1.43. The Balaban J connectivity index is 1.47. The average Bonchev–Trinajstić information content (AvgIpc) is 3.13. The number of alkyl halides is 3. The number of hydrogen-bond acceptors (Lipinski definition) is 3. The van der Waals surface area contributed by atoms with Crippen molar-refractivity contribution in [1.29, 1.82) is 0 Å². The number of carbonyl (C=O) groups excluding carboxylic acids is 1. The van der Waals surface area contributed by atoms with Crippen molar-refractivity contribution in [2.45, 2.75) is 44.1 Å². The van der Waals surface area contributed by atoms with Crippen LogP contribution in [0.4, 0.5) is 13.2 Å². The lowest BCUT2D eigenvalue weighted by Crippen LogP contribution is -2.41. The van der Waals surface area contributed by atoms with Gasteiger partial charge in [-0.3, -0.25) is 0 Å². The Morgan fingerprint density at radius 1 is 1.05 bits per heavy atom. The quantitative estimate of drug-likeness (QED) is 0.484. The Bertz CT molecular complexity index is 529. The fourth-order valence-corrected chi connectivity index (χ4v) is 5.97. The van der Waals surface area contributed by atoms with Gasteiger partial charge in [-0.15, -0.1) is 0 Å². The first-order chi connectivity index (χ1) is 10.3. The summed E-state index contributed by atoms with van der Waals surface area (Å²) in [5.74, 6) is 0.924. The molecule has 4 aliphatic rings. The molecule has 4 aliphatic carbocycles. The van der Waals surface area contributed by atoms with Gasteiger partial charge in [0.25, 0.3) is 0 Å². The molecule has 0 amide bonds. The zero-order valence-electron chi connectivity index (χ0n) is 12.1. The maximum Gasteiger partial charge on any atom is 0.422 e. The second kappa shape index (κ2) is 4.49. The van der Waals surface area contributed by atoms with Gasteiger partial charge in [0.1, 0.15) is 11.7 Å². The van der Waals surface area contributed by atoms with Gasteiger partial charge in [-0.1, -0.05) is 6.58 Å². The van der Waals surface area contributed by atoms with E-state index in [0.29, 0.717) is 30.1 Å². The molecule has 6 heteroatoms. The summed E-state index contributed by atoms with van der Waals surface area (Å²) in [7, 11) is 0. The minimum Gasteiger partial charge on any atom is -0.458 e. The van der Waals surface area contributed by atoms with E-state index in [1.807, 2.05) is 0 Å². The third-order valence-electron chi connectivity index (χ3n) is 6.57. The van der Waals surface area contributed by atoms with Gasteiger partial charge in [-0.25, -0.2) is 4.79 Å². The lowest BCUT2D eigenvalue weighted by molar-refractivity contribution is -0.160. The second-order valence-electron chi connectivity index (χ2n) is 7.43. The van der Waals surface area contributed by atoms with E-state index in [1.165, 1.54) is 0 Å². The molecule has 0 aromatic rings. The zero-order valence-corrected chi connectivity index (χ0v) is 12.1. The molecule has 122 valence electrons. The summed E-state index contributed by atoms with van der Waals surface area (Å²) >= 11 is 0. The maximum atomic E-state index is 12.5. The minimum absolute atomic E-state index is 0.116. The van der Waals surface area contributed by atoms with Crippen molar-refractivity contribution in [2.75, 3.05) is 0 Å². The van der Waals surface area contributed by atoms with Gasteiger partial charge in [0, 0.05) is 0 Å². The van der Waals surface area contributed by atoms with Gasteiger partial charge in [0.05, 0.1) is 6.10 Å². The molecule has 0 heterocycles. The number of rotatable bonds is 2. The summed E-state index contributed by atoms with van der Waals surface area (Å²) in [6.07, 6.45) is -1.98. The van der Waals surface area contributed by atoms with Crippen molar-refractivity contribution in [3.8, 4) is 0 Å². The van der Waals surface area contributed by atoms with Crippen LogP contribution in [0.25, 0.3) is 0 Å². The Kier molecular flexibility index (Phi) is 2.97. The molecule has 0 aliphatic heterocycles. The maximum absolute atomic E-state index is 12.5. The van der Waals surface area contributed by atoms with E-state index in [2.05, 4.69) is 6.58 Å². The summed E-state index contributed by atoms with van der Waals surface area (Å²) in [6, 6.07) is 0.